The Balaban J connectivity index is 1.97. The first-order chi connectivity index (χ1) is 12.1. The molecule has 25 heavy (non-hydrogen) atoms. The zero-order valence-electron chi connectivity index (χ0n) is 13.1. The van der Waals surface area contributed by atoms with Gasteiger partial charge in [0.15, 0.2) is 0 Å². The van der Waals surface area contributed by atoms with E-state index in [2.05, 4.69) is 43.2 Å². The summed E-state index contributed by atoms with van der Waals surface area (Å²) in [6.45, 7) is -0.249. The summed E-state index contributed by atoms with van der Waals surface area (Å²) in [6.07, 6.45) is 0. The van der Waals surface area contributed by atoms with E-state index in [9.17, 15) is 4.79 Å². The van der Waals surface area contributed by atoms with Crippen LogP contribution in [0.2, 0.25) is 0 Å². The lowest BCUT2D eigenvalue weighted by atomic mass is 10.1. The average Bonchev–Trinajstić information content (AvgIpc) is 2.62. The third-order valence-corrected chi connectivity index (χ3v) is 4.27. The summed E-state index contributed by atoms with van der Waals surface area (Å²) in [5.41, 5.74) is 2.55. The summed E-state index contributed by atoms with van der Waals surface area (Å²) in [6, 6.07) is 19.4. The molecular weight excluding hydrogens is 431 g/mol. The summed E-state index contributed by atoms with van der Waals surface area (Å²) in [7, 11) is 0. The van der Waals surface area contributed by atoms with Gasteiger partial charge in [0.05, 0.1) is 11.4 Å². The van der Waals surface area contributed by atoms with Gasteiger partial charge in [-0.05, 0) is 34.7 Å². The number of anilines is 3. The number of hydrogen-bond acceptors (Lipinski definition) is 5. The van der Waals surface area contributed by atoms with E-state index >= 15 is 0 Å². The highest BCUT2D eigenvalue weighted by molar-refractivity contribution is 14.1. The predicted molar refractivity (Wildman–Crippen MR) is 106 cm³/mol. The van der Waals surface area contributed by atoms with Crippen LogP contribution in [0.25, 0.3) is 11.3 Å². The summed E-state index contributed by atoms with van der Waals surface area (Å²) >= 11 is 2.24. The van der Waals surface area contributed by atoms with Crippen LogP contribution >= 0.6 is 22.6 Å². The van der Waals surface area contributed by atoms with Crippen LogP contribution in [-0.4, -0.2) is 27.6 Å². The first kappa shape index (κ1) is 17.2. The van der Waals surface area contributed by atoms with Crippen molar-refractivity contribution in [1.82, 2.24) is 9.97 Å². The summed E-state index contributed by atoms with van der Waals surface area (Å²) in [4.78, 5) is 19.6. The maximum atomic E-state index is 10.8. The van der Waals surface area contributed by atoms with Crippen molar-refractivity contribution in [2.75, 3.05) is 17.2 Å². The Hall–Kier alpha value is -2.68. The van der Waals surface area contributed by atoms with Crippen LogP contribution in [0.4, 0.5) is 17.5 Å². The van der Waals surface area contributed by atoms with E-state index in [0.717, 1.165) is 14.8 Å². The van der Waals surface area contributed by atoms with Gasteiger partial charge in [0, 0.05) is 15.2 Å². The highest BCUT2D eigenvalue weighted by atomic mass is 127. The first-order valence-electron chi connectivity index (χ1n) is 7.53. The number of carbonyl (C=O) groups is 1. The van der Waals surface area contributed by atoms with Gasteiger partial charge >= 0.3 is 5.97 Å². The Bertz CT molecular complexity index is 887. The maximum absolute atomic E-state index is 10.8. The quantitative estimate of drug-likeness (QED) is 0.497. The van der Waals surface area contributed by atoms with Crippen molar-refractivity contribution >= 4 is 46.0 Å². The molecule has 0 spiro atoms. The molecule has 0 amide bonds. The molecule has 0 fully saturated rings. The zero-order chi connectivity index (χ0) is 17.6. The zero-order valence-corrected chi connectivity index (χ0v) is 15.3. The Labute approximate surface area is 158 Å². The fourth-order valence-corrected chi connectivity index (χ4v) is 2.72. The van der Waals surface area contributed by atoms with Crippen LogP contribution in [-0.2, 0) is 4.79 Å². The largest absolute Gasteiger partial charge is 0.480 e. The molecule has 0 saturated heterocycles. The molecule has 6 nitrogen and oxygen atoms in total. The standard InChI is InChI=1S/C18H15IN4O2/c19-13-8-4-5-9-14(13)21-16-10-15(12-6-2-1-3-7-12)22-18(23-16)20-11-17(24)25/h1-10H,11H2,(H,24,25)(H2,20,21,22,23). The van der Waals surface area contributed by atoms with E-state index in [4.69, 9.17) is 5.11 Å². The third kappa shape index (κ3) is 4.66. The van der Waals surface area contributed by atoms with E-state index < -0.39 is 5.97 Å². The number of halogens is 1. The number of nitrogens with one attached hydrogen (secondary N) is 2. The molecule has 0 radical (unpaired) electrons. The monoisotopic (exact) mass is 446 g/mol. The first-order valence-corrected chi connectivity index (χ1v) is 8.61. The van der Waals surface area contributed by atoms with Crippen LogP contribution < -0.4 is 10.6 Å². The van der Waals surface area contributed by atoms with Gasteiger partial charge in [-0.1, -0.05) is 42.5 Å². The lowest BCUT2D eigenvalue weighted by Gasteiger charge is -2.12. The number of nitrogens with zero attached hydrogens (tertiary/aromatic N) is 2. The molecule has 3 rings (SSSR count). The number of carboxylic acids is 1. The molecule has 2 aromatic carbocycles. The summed E-state index contributed by atoms with van der Waals surface area (Å²) < 4.78 is 1.06. The van der Waals surface area contributed by atoms with Gasteiger partial charge in [0.2, 0.25) is 5.95 Å². The topological polar surface area (TPSA) is 87.1 Å². The second-order valence-electron chi connectivity index (χ2n) is 5.18. The minimum Gasteiger partial charge on any atom is -0.480 e. The van der Waals surface area contributed by atoms with E-state index in [-0.39, 0.29) is 12.5 Å². The highest BCUT2D eigenvalue weighted by Gasteiger charge is 2.09. The number of hydrogen-bond donors (Lipinski definition) is 3. The molecular formula is C18H15IN4O2. The van der Waals surface area contributed by atoms with Crippen molar-refractivity contribution in [1.29, 1.82) is 0 Å². The molecule has 3 aromatic rings. The molecule has 0 unspecified atom stereocenters. The molecule has 0 atom stereocenters. The van der Waals surface area contributed by atoms with Gasteiger partial charge in [-0.25, -0.2) is 4.98 Å². The van der Waals surface area contributed by atoms with Crippen LogP contribution in [0.3, 0.4) is 0 Å². The van der Waals surface area contributed by atoms with Crippen molar-refractivity contribution < 1.29 is 9.90 Å². The van der Waals surface area contributed by atoms with Crippen molar-refractivity contribution in [2.45, 2.75) is 0 Å². The lowest BCUT2D eigenvalue weighted by Crippen LogP contribution is -2.15. The molecule has 1 aromatic heterocycles. The third-order valence-electron chi connectivity index (χ3n) is 3.33. The van der Waals surface area contributed by atoms with Crippen LogP contribution in [0.15, 0.2) is 60.7 Å². The smallest absolute Gasteiger partial charge is 0.322 e. The second-order valence-corrected chi connectivity index (χ2v) is 6.34. The average molecular weight is 446 g/mol. The Morgan fingerprint density at radius 1 is 1.04 bits per heavy atom. The molecule has 7 heteroatoms. The molecule has 3 N–H and O–H groups in total. The fourth-order valence-electron chi connectivity index (χ4n) is 2.20. The molecule has 1 heterocycles. The van der Waals surface area contributed by atoms with Crippen LogP contribution in [0.1, 0.15) is 0 Å². The van der Waals surface area contributed by atoms with E-state index in [1.54, 1.807) is 0 Å². The molecule has 126 valence electrons. The van der Waals surface area contributed by atoms with E-state index in [1.165, 1.54) is 0 Å². The minimum atomic E-state index is -0.971. The molecule has 0 bridgehead atoms. The Morgan fingerprint density at radius 2 is 1.76 bits per heavy atom. The highest BCUT2D eigenvalue weighted by Crippen LogP contribution is 2.25. The number of aliphatic carboxylic acids is 1. The van der Waals surface area contributed by atoms with Crippen molar-refractivity contribution in [3.05, 3.63) is 64.2 Å². The van der Waals surface area contributed by atoms with Crippen LogP contribution in [0, 0.1) is 3.57 Å². The molecule has 0 aliphatic heterocycles. The summed E-state index contributed by atoms with van der Waals surface area (Å²) in [5, 5.41) is 14.9. The van der Waals surface area contributed by atoms with Crippen molar-refractivity contribution in [2.24, 2.45) is 0 Å². The molecule has 0 saturated carbocycles. The second kappa shape index (κ2) is 7.93. The lowest BCUT2D eigenvalue weighted by molar-refractivity contribution is -0.134. The number of benzene rings is 2. The molecule has 0 aliphatic rings. The normalized spacial score (nSPS) is 10.3. The number of carboxylic acid groups (broad SMARTS) is 1. The van der Waals surface area contributed by atoms with Gasteiger partial charge in [0.25, 0.3) is 0 Å². The number of para-hydroxylation sites is 1. The van der Waals surface area contributed by atoms with Crippen molar-refractivity contribution in [3.63, 3.8) is 0 Å². The SMILES string of the molecule is O=C(O)CNc1nc(Nc2ccccc2I)cc(-c2ccccc2)n1. The maximum Gasteiger partial charge on any atom is 0.322 e. The molecule has 0 aliphatic carbocycles. The minimum absolute atomic E-state index is 0.249. The Morgan fingerprint density at radius 3 is 2.48 bits per heavy atom. The fraction of sp³-hybridized carbons (Fsp3) is 0.0556. The predicted octanol–water partition coefficient (Wildman–Crippen LogP) is 3.99. The van der Waals surface area contributed by atoms with Gasteiger partial charge in [-0.2, -0.15) is 4.98 Å². The van der Waals surface area contributed by atoms with Gasteiger partial charge in [-0.15, -0.1) is 0 Å². The number of aromatic nitrogens is 2. The number of rotatable bonds is 6. The van der Waals surface area contributed by atoms with Gasteiger partial charge in [-0.3, -0.25) is 4.79 Å². The summed E-state index contributed by atoms with van der Waals surface area (Å²) in [5.74, 6) is -0.121. The van der Waals surface area contributed by atoms with Gasteiger partial charge in [0.1, 0.15) is 12.4 Å². The van der Waals surface area contributed by atoms with E-state index in [1.807, 2.05) is 60.7 Å². The van der Waals surface area contributed by atoms with Gasteiger partial charge < -0.3 is 15.7 Å². The van der Waals surface area contributed by atoms with Crippen LogP contribution in [0.5, 0.6) is 0 Å². The van der Waals surface area contributed by atoms with Crippen molar-refractivity contribution in [3.8, 4) is 11.3 Å². The Kier molecular flexibility index (Phi) is 5.44. The van der Waals surface area contributed by atoms with E-state index in [0.29, 0.717) is 11.5 Å².